The van der Waals surface area contributed by atoms with E-state index < -0.39 is 0 Å². The molecule has 0 fully saturated rings. The molecule has 0 amide bonds. The molecule has 1 rings (SSSR count). The first kappa shape index (κ1) is 9.26. The molecule has 12 heavy (non-hydrogen) atoms. The standard InChI is InChI=1S/C8H10ClFN2/c1-12(5-4-9)8-3-2-7(10)6-11-8/h2-3,6H,4-5H2,1H3. The summed E-state index contributed by atoms with van der Waals surface area (Å²) >= 11 is 5.53. The molecule has 0 aliphatic rings. The van der Waals surface area contributed by atoms with Gasteiger partial charge in [-0.05, 0) is 12.1 Å². The molecule has 66 valence electrons. The largest absolute Gasteiger partial charge is 0.358 e. The predicted octanol–water partition coefficient (Wildman–Crippen LogP) is 1.90. The lowest BCUT2D eigenvalue weighted by Crippen LogP contribution is -2.20. The van der Waals surface area contributed by atoms with E-state index in [1.54, 1.807) is 6.07 Å². The normalized spacial score (nSPS) is 9.92. The van der Waals surface area contributed by atoms with Gasteiger partial charge in [0.05, 0.1) is 6.20 Å². The summed E-state index contributed by atoms with van der Waals surface area (Å²) in [4.78, 5) is 5.76. The zero-order valence-corrected chi connectivity index (χ0v) is 7.55. The zero-order valence-electron chi connectivity index (χ0n) is 6.80. The van der Waals surface area contributed by atoms with Gasteiger partial charge in [0.15, 0.2) is 0 Å². The molecule has 0 unspecified atom stereocenters. The van der Waals surface area contributed by atoms with Gasteiger partial charge in [-0.2, -0.15) is 0 Å². The number of alkyl halides is 1. The third-order valence-corrected chi connectivity index (χ3v) is 1.69. The van der Waals surface area contributed by atoms with Crippen LogP contribution in [0.1, 0.15) is 0 Å². The average Bonchev–Trinajstić information content (AvgIpc) is 2.06. The minimum Gasteiger partial charge on any atom is -0.358 e. The second kappa shape index (κ2) is 4.26. The summed E-state index contributed by atoms with van der Waals surface area (Å²) < 4.78 is 12.4. The van der Waals surface area contributed by atoms with E-state index in [1.807, 2.05) is 11.9 Å². The van der Waals surface area contributed by atoms with Gasteiger partial charge in [-0.25, -0.2) is 9.37 Å². The van der Waals surface area contributed by atoms with Gasteiger partial charge in [0, 0.05) is 19.5 Å². The molecular weight excluding hydrogens is 179 g/mol. The Kier molecular flexibility index (Phi) is 3.29. The van der Waals surface area contributed by atoms with Crippen LogP contribution >= 0.6 is 11.6 Å². The molecule has 4 heteroatoms. The number of hydrogen-bond donors (Lipinski definition) is 0. The minimum atomic E-state index is -0.321. The van der Waals surface area contributed by atoms with Crippen LogP contribution < -0.4 is 4.90 Å². The summed E-state index contributed by atoms with van der Waals surface area (Å²) in [6.07, 6.45) is 1.19. The first-order valence-electron chi connectivity index (χ1n) is 3.62. The monoisotopic (exact) mass is 188 g/mol. The number of nitrogens with zero attached hydrogens (tertiary/aromatic N) is 2. The van der Waals surface area contributed by atoms with Gasteiger partial charge in [-0.3, -0.25) is 0 Å². The van der Waals surface area contributed by atoms with E-state index in [9.17, 15) is 4.39 Å². The summed E-state index contributed by atoms with van der Waals surface area (Å²) in [5, 5.41) is 0. The highest BCUT2D eigenvalue weighted by molar-refractivity contribution is 6.18. The predicted molar refractivity (Wildman–Crippen MR) is 48.2 cm³/mol. The topological polar surface area (TPSA) is 16.1 Å². The highest BCUT2D eigenvalue weighted by atomic mass is 35.5. The first-order valence-corrected chi connectivity index (χ1v) is 4.16. The number of pyridine rings is 1. The number of halogens is 2. The van der Waals surface area contributed by atoms with Crippen LogP contribution in [-0.2, 0) is 0 Å². The zero-order chi connectivity index (χ0) is 8.97. The van der Waals surface area contributed by atoms with Gasteiger partial charge in [0.2, 0.25) is 0 Å². The highest BCUT2D eigenvalue weighted by Gasteiger charge is 2.00. The summed E-state index contributed by atoms with van der Waals surface area (Å²) in [6, 6.07) is 3.01. The van der Waals surface area contributed by atoms with Crippen molar-refractivity contribution in [2.24, 2.45) is 0 Å². The Labute approximate surface area is 76.0 Å². The van der Waals surface area contributed by atoms with Crippen molar-refractivity contribution >= 4 is 17.4 Å². The van der Waals surface area contributed by atoms with Crippen molar-refractivity contribution in [1.29, 1.82) is 0 Å². The molecule has 0 aliphatic heterocycles. The Balaban J connectivity index is 2.68. The van der Waals surface area contributed by atoms with Crippen molar-refractivity contribution in [1.82, 2.24) is 4.98 Å². The molecule has 2 nitrogen and oxygen atoms in total. The van der Waals surface area contributed by atoms with E-state index in [4.69, 9.17) is 11.6 Å². The second-order valence-electron chi connectivity index (χ2n) is 2.45. The van der Waals surface area contributed by atoms with Crippen LogP contribution in [0.25, 0.3) is 0 Å². The molecule has 0 radical (unpaired) electrons. The number of hydrogen-bond acceptors (Lipinski definition) is 2. The summed E-state index contributed by atoms with van der Waals surface area (Å²) in [5.41, 5.74) is 0. The van der Waals surface area contributed by atoms with Gasteiger partial charge in [-0.15, -0.1) is 11.6 Å². The van der Waals surface area contributed by atoms with Crippen molar-refractivity contribution in [3.63, 3.8) is 0 Å². The smallest absolute Gasteiger partial charge is 0.141 e. The maximum atomic E-state index is 12.4. The minimum absolute atomic E-state index is 0.321. The lowest BCUT2D eigenvalue weighted by molar-refractivity contribution is 0.621. The van der Waals surface area contributed by atoms with E-state index in [0.29, 0.717) is 12.4 Å². The number of rotatable bonds is 3. The molecule has 1 heterocycles. The quantitative estimate of drug-likeness (QED) is 0.674. The molecule has 0 aromatic carbocycles. The number of anilines is 1. The Morgan fingerprint density at radius 1 is 1.58 bits per heavy atom. The summed E-state index contributed by atoms with van der Waals surface area (Å²) in [6.45, 7) is 0.709. The van der Waals surface area contributed by atoms with Gasteiger partial charge >= 0.3 is 0 Å². The summed E-state index contributed by atoms with van der Waals surface area (Å²) in [5.74, 6) is 0.949. The van der Waals surface area contributed by atoms with Crippen LogP contribution in [0.4, 0.5) is 10.2 Å². The van der Waals surface area contributed by atoms with Gasteiger partial charge in [-0.1, -0.05) is 0 Å². The van der Waals surface area contributed by atoms with E-state index in [0.717, 1.165) is 5.82 Å². The molecule has 1 aromatic rings. The third kappa shape index (κ3) is 2.34. The van der Waals surface area contributed by atoms with E-state index in [1.165, 1.54) is 12.3 Å². The maximum Gasteiger partial charge on any atom is 0.141 e. The Hall–Kier alpha value is -0.830. The summed E-state index contributed by atoms with van der Waals surface area (Å²) in [7, 11) is 1.86. The highest BCUT2D eigenvalue weighted by Crippen LogP contribution is 2.07. The Morgan fingerprint density at radius 3 is 2.83 bits per heavy atom. The lowest BCUT2D eigenvalue weighted by Gasteiger charge is -2.15. The van der Waals surface area contributed by atoms with E-state index >= 15 is 0 Å². The number of aromatic nitrogens is 1. The molecule has 0 aliphatic carbocycles. The molecule has 0 N–H and O–H groups in total. The SMILES string of the molecule is CN(CCCl)c1ccc(F)cn1. The van der Waals surface area contributed by atoms with Crippen molar-refractivity contribution in [3.8, 4) is 0 Å². The van der Waals surface area contributed by atoms with Crippen molar-refractivity contribution in [2.75, 3.05) is 24.4 Å². The molecule has 0 spiro atoms. The van der Waals surface area contributed by atoms with Gasteiger partial charge in [0.25, 0.3) is 0 Å². The fraction of sp³-hybridized carbons (Fsp3) is 0.375. The molecule has 0 bridgehead atoms. The maximum absolute atomic E-state index is 12.4. The van der Waals surface area contributed by atoms with Gasteiger partial charge in [0.1, 0.15) is 11.6 Å². The molecule has 0 atom stereocenters. The fourth-order valence-corrected chi connectivity index (χ4v) is 1.09. The molecule has 0 saturated carbocycles. The van der Waals surface area contributed by atoms with E-state index in [2.05, 4.69) is 4.98 Å². The van der Waals surface area contributed by atoms with Crippen molar-refractivity contribution in [3.05, 3.63) is 24.1 Å². The third-order valence-electron chi connectivity index (χ3n) is 1.52. The van der Waals surface area contributed by atoms with Crippen LogP contribution in [0.5, 0.6) is 0 Å². The van der Waals surface area contributed by atoms with Crippen LogP contribution in [-0.4, -0.2) is 24.5 Å². The molecule has 1 aromatic heterocycles. The first-order chi connectivity index (χ1) is 5.74. The van der Waals surface area contributed by atoms with Crippen LogP contribution in [0.2, 0.25) is 0 Å². The molecule has 0 saturated heterocycles. The Bertz CT molecular complexity index is 237. The van der Waals surface area contributed by atoms with Crippen LogP contribution in [0, 0.1) is 5.82 Å². The van der Waals surface area contributed by atoms with Crippen LogP contribution in [0.3, 0.4) is 0 Å². The van der Waals surface area contributed by atoms with Crippen LogP contribution in [0.15, 0.2) is 18.3 Å². The van der Waals surface area contributed by atoms with E-state index in [-0.39, 0.29) is 5.82 Å². The molecular formula is C8H10ClFN2. The van der Waals surface area contributed by atoms with Gasteiger partial charge < -0.3 is 4.90 Å². The van der Waals surface area contributed by atoms with Crippen molar-refractivity contribution in [2.45, 2.75) is 0 Å². The van der Waals surface area contributed by atoms with Crippen molar-refractivity contribution < 1.29 is 4.39 Å². The average molecular weight is 189 g/mol. The fourth-order valence-electron chi connectivity index (χ4n) is 0.835. The Morgan fingerprint density at radius 2 is 2.33 bits per heavy atom. The second-order valence-corrected chi connectivity index (χ2v) is 2.82. The lowest BCUT2D eigenvalue weighted by atomic mass is 10.4.